The van der Waals surface area contributed by atoms with E-state index in [1.165, 1.54) is 0 Å². The summed E-state index contributed by atoms with van der Waals surface area (Å²) in [5, 5.41) is 8.30. The number of carbonyl (C=O) groups is 1. The molecule has 0 radical (unpaired) electrons. The average molecular weight is 470 g/mol. The van der Waals surface area contributed by atoms with Gasteiger partial charge in [0.25, 0.3) is 5.91 Å². The van der Waals surface area contributed by atoms with E-state index in [0.717, 1.165) is 49.1 Å². The summed E-state index contributed by atoms with van der Waals surface area (Å²) in [6, 6.07) is 13.8. The number of aromatic nitrogens is 3. The number of nitrogens with one attached hydrogen (secondary N) is 1. The summed E-state index contributed by atoms with van der Waals surface area (Å²) in [7, 11) is 0. The maximum atomic E-state index is 13.9. The fourth-order valence-electron chi connectivity index (χ4n) is 4.05. The molecule has 0 bridgehead atoms. The molecule has 34 heavy (non-hydrogen) atoms. The van der Waals surface area contributed by atoms with Crippen molar-refractivity contribution < 1.29 is 18.0 Å². The van der Waals surface area contributed by atoms with E-state index in [2.05, 4.69) is 34.1 Å². The lowest BCUT2D eigenvalue weighted by molar-refractivity contribution is -0.142. The molecule has 1 amide bonds. The highest BCUT2D eigenvalue weighted by Gasteiger charge is 2.36. The van der Waals surface area contributed by atoms with Gasteiger partial charge in [-0.15, -0.1) is 0 Å². The SMILES string of the molecule is CCN(CC)CCCNC(=O)c1cnn2c(C(F)(F)F)cc(-c3cccc4ccccc34)nc12. The normalized spacial score (nSPS) is 12.1. The maximum absolute atomic E-state index is 13.9. The molecule has 0 saturated carbocycles. The fraction of sp³-hybridized carbons (Fsp3) is 0.320. The van der Waals surface area contributed by atoms with Gasteiger partial charge in [0.05, 0.1) is 11.9 Å². The lowest BCUT2D eigenvalue weighted by Crippen LogP contribution is -2.30. The van der Waals surface area contributed by atoms with Crippen molar-refractivity contribution in [3.8, 4) is 11.3 Å². The van der Waals surface area contributed by atoms with E-state index < -0.39 is 17.8 Å². The molecular formula is C25H26F3N5O. The number of alkyl halides is 3. The molecule has 4 rings (SSSR count). The van der Waals surface area contributed by atoms with Crippen LogP contribution in [0.1, 0.15) is 36.3 Å². The van der Waals surface area contributed by atoms with Gasteiger partial charge in [-0.1, -0.05) is 56.3 Å². The van der Waals surface area contributed by atoms with Crippen LogP contribution >= 0.6 is 0 Å². The van der Waals surface area contributed by atoms with Crippen LogP contribution in [-0.4, -0.2) is 51.6 Å². The standard InChI is InChI=1S/C25H26F3N5O/c1-3-32(4-2)14-8-13-29-24(34)20-16-30-33-22(25(26,27)28)15-21(31-23(20)33)19-12-7-10-17-9-5-6-11-18(17)19/h5-7,9-12,15-16H,3-4,8,13-14H2,1-2H3,(H,29,34). The summed E-state index contributed by atoms with van der Waals surface area (Å²) in [4.78, 5) is 19.5. The molecular weight excluding hydrogens is 443 g/mol. The van der Waals surface area contributed by atoms with Crippen molar-refractivity contribution in [2.75, 3.05) is 26.2 Å². The Morgan fingerprint density at radius 3 is 2.56 bits per heavy atom. The van der Waals surface area contributed by atoms with Crippen LogP contribution < -0.4 is 5.32 Å². The van der Waals surface area contributed by atoms with E-state index >= 15 is 0 Å². The van der Waals surface area contributed by atoms with Crippen LogP contribution in [0.4, 0.5) is 13.2 Å². The van der Waals surface area contributed by atoms with Crippen molar-refractivity contribution in [3.05, 3.63) is 66.0 Å². The Labute approximate surface area is 195 Å². The molecule has 2 aromatic carbocycles. The van der Waals surface area contributed by atoms with Crippen LogP contribution in [0.15, 0.2) is 54.7 Å². The van der Waals surface area contributed by atoms with Gasteiger partial charge < -0.3 is 10.2 Å². The highest BCUT2D eigenvalue weighted by molar-refractivity contribution is 6.00. The van der Waals surface area contributed by atoms with E-state index in [9.17, 15) is 18.0 Å². The van der Waals surface area contributed by atoms with Crippen molar-refractivity contribution >= 4 is 22.3 Å². The van der Waals surface area contributed by atoms with Crippen LogP contribution in [0.3, 0.4) is 0 Å². The summed E-state index contributed by atoms with van der Waals surface area (Å²) < 4.78 is 42.5. The zero-order valence-corrected chi connectivity index (χ0v) is 19.1. The second kappa shape index (κ2) is 9.80. The van der Waals surface area contributed by atoms with Crippen LogP contribution in [0.25, 0.3) is 27.7 Å². The number of benzene rings is 2. The molecule has 2 heterocycles. The van der Waals surface area contributed by atoms with E-state index in [1.54, 1.807) is 12.1 Å². The number of hydrogen-bond acceptors (Lipinski definition) is 4. The second-order valence-corrected chi connectivity index (χ2v) is 7.98. The van der Waals surface area contributed by atoms with E-state index in [-0.39, 0.29) is 16.9 Å². The highest BCUT2D eigenvalue weighted by atomic mass is 19.4. The first-order valence-corrected chi connectivity index (χ1v) is 11.3. The smallest absolute Gasteiger partial charge is 0.352 e. The predicted molar refractivity (Wildman–Crippen MR) is 126 cm³/mol. The van der Waals surface area contributed by atoms with Crippen molar-refractivity contribution in [3.63, 3.8) is 0 Å². The molecule has 0 spiro atoms. The molecule has 0 aliphatic heterocycles. The third-order valence-electron chi connectivity index (χ3n) is 5.90. The first kappa shape index (κ1) is 23.7. The summed E-state index contributed by atoms with van der Waals surface area (Å²) in [5.74, 6) is -0.495. The molecule has 2 aromatic heterocycles. The van der Waals surface area contributed by atoms with Gasteiger partial charge in [0.2, 0.25) is 0 Å². The first-order valence-electron chi connectivity index (χ1n) is 11.3. The number of hydrogen-bond donors (Lipinski definition) is 1. The lowest BCUT2D eigenvalue weighted by Gasteiger charge is -2.17. The average Bonchev–Trinajstić information content (AvgIpc) is 3.26. The van der Waals surface area contributed by atoms with Gasteiger partial charge in [0.1, 0.15) is 5.56 Å². The van der Waals surface area contributed by atoms with Crippen LogP contribution in [-0.2, 0) is 6.18 Å². The summed E-state index contributed by atoms with van der Waals surface area (Å²) in [6.45, 7) is 7.20. The molecule has 0 aliphatic carbocycles. The molecule has 4 aromatic rings. The minimum absolute atomic E-state index is 0.00965. The van der Waals surface area contributed by atoms with Crippen LogP contribution in [0, 0.1) is 0 Å². The minimum Gasteiger partial charge on any atom is -0.352 e. The highest BCUT2D eigenvalue weighted by Crippen LogP contribution is 2.34. The Kier molecular flexibility index (Phi) is 6.83. The minimum atomic E-state index is -4.68. The fourth-order valence-corrected chi connectivity index (χ4v) is 4.05. The third-order valence-corrected chi connectivity index (χ3v) is 5.90. The Hall–Kier alpha value is -3.46. The Morgan fingerprint density at radius 2 is 1.82 bits per heavy atom. The van der Waals surface area contributed by atoms with E-state index in [1.807, 2.05) is 30.3 Å². The molecule has 0 atom stereocenters. The Balaban J connectivity index is 1.72. The summed E-state index contributed by atoms with van der Waals surface area (Å²) in [6.07, 6.45) is -2.80. The van der Waals surface area contributed by atoms with Gasteiger partial charge in [-0.2, -0.15) is 18.3 Å². The van der Waals surface area contributed by atoms with Gasteiger partial charge in [-0.25, -0.2) is 9.50 Å². The summed E-state index contributed by atoms with van der Waals surface area (Å²) >= 11 is 0. The largest absolute Gasteiger partial charge is 0.433 e. The monoisotopic (exact) mass is 469 g/mol. The molecule has 6 nitrogen and oxygen atoms in total. The molecule has 0 fully saturated rings. The zero-order chi connectivity index (χ0) is 24.3. The number of rotatable bonds is 8. The maximum Gasteiger partial charge on any atom is 0.433 e. The molecule has 178 valence electrons. The summed E-state index contributed by atoms with van der Waals surface area (Å²) in [5.41, 5.74) is -0.416. The quantitative estimate of drug-likeness (QED) is 0.368. The van der Waals surface area contributed by atoms with Gasteiger partial charge >= 0.3 is 6.18 Å². The lowest BCUT2D eigenvalue weighted by atomic mass is 10.0. The Morgan fingerprint density at radius 1 is 1.09 bits per heavy atom. The van der Waals surface area contributed by atoms with Crippen molar-refractivity contribution in [2.24, 2.45) is 0 Å². The second-order valence-electron chi connectivity index (χ2n) is 7.98. The van der Waals surface area contributed by atoms with Crippen molar-refractivity contribution in [1.29, 1.82) is 0 Å². The number of halogens is 3. The topological polar surface area (TPSA) is 62.5 Å². The van der Waals surface area contributed by atoms with Gasteiger partial charge in [0, 0.05) is 12.1 Å². The van der Waals surface area contributed by atoms with Gasteiger partial charge in [0.15, 0.2) is 11.3 Å². The number of carbonyl (C=O) groups excluding carboxylic acids is 1. The molecule has 9 heteroatoms. The number of amides is 1. The van der Waals surface area contributed by atoms with Gasteiger partial charge in [-0.05, 0) is 42.9 Å². The first-order chi connectivity index (χ1) is 16.3. The molecule has 1 N–H and O–H groups in total. The molecule has 0 unspecified atom stereocenters. The molecule has 0 saturated heterocycles. The Bertz CT molecular complexity index is 1310. The van der Waals surface area contributed by atoms with E-state index in [0.29, 0.717) is 16.6 Å². The molecule has 0 aliphatic rings. The van der Waals surface area contributed by atoms with Crippen LogP contribution in [0.5, 0.6) is 0 Å². The van der Waals surface area contributed by atoms with Crippen molar-refractivity contribution in [2.45, 2.75) is 26.4 Å². The van der Waals surface area contributed by atoms with Crippen molar-refractivity contribution in [1.82, 2.24) is 24.8 Å². The predicted octanol–water partition coefficient (Wildman–Crippen LogP) is 5.03. The van der Waals surface area contributed by atoms with Crippen LogP contribution in [0.2, 0.25) is 0 Å². The van der Waals surface area contributed by atoms with E-state index in [4.69, 9.17) is 0 Å². The third kappa shape index (κ3) is 4.75. The number of fused-ring (bicyclic) bond motifs is 2. The zero-order valence-electron chi connectivity index (χ0n) is 19.1. The number of nitrogens with zero attached hydrogens (tertiary/aromatic N) is 4. The van der Waals surface area contributed by atoms with Gasteiger partial charge in [-0.3, -0.25) is 4.79 Å².